The molecule has 0 N–H and O–H groups in total. The number of rotatable bonds is 8. The van der Waals surface area contributed by atoms with Gasteiger partial charge in [0.05, 0.1) is 24.2 Å². The monoisotopic (exact) mass is 391 g/mol. The molecule has 1 aromatic heterocycles. The first kappa shape index (κ1) is 21.2. The third-order valence-electron chi connectivity index (χ3n) is 4.37. The number of carbonyl (C=O) groups excluding carboxylic acids is 1. The molecule has 1 amide bonds. The molecule has 1 aromatic carbocycles. The Morgan fingerprint density at radius 1 is 1.15 bits per heavy atom. The molecule has 7 heteroatoms. The first-order chi connectivity index (χ1) is 12.7. The maximum absolute atomic E-state index is 13.0. The molecule has 0 saturated heterocycles. The molecule has 0 fully saturated rings. The van der Waals surface area contributed by atoms with E-state index >= 15 is 0 Å². The van der Waals surface area contributed by atoms with Crippen LogP contribution in [0.4, 0.5) is 0 Å². The van der Waals surface area contributed by atoms with Gasteiger partial charge in [0.15, 0.2) is 0 Å². The summed E-state index contributed by atoms with van der Waals surface area (Å²) in [4.78, 5) is 18.3. The van der Waals surface area contributed by atoms with Crippen LogP contribution in [0.1, 0.15) is 51.9 Å². The maximum Gasteiger partial charge on any atom is 0.228 e. The van der Waals surface area contributed by atoms with Crippen LogP contribution in [0.25, 0.3) is 0 Å². The number of nitrogens with zero attached hydrogens (tertiary/aromatic N) is 3. The molecule has 0 aliphatic carbocycles. The predicted molar refractivity (Wildman–Crippen MR) is 106 cm³/mol. The molecule has 2 aromatic rings. The Morgan fingerprint density at radius 2 is 1.78 bits per heavy atom. The summed E-state index contributed by atoms with van der Waals surface area (Å²) >= 11 is 0. The second kappa shape index (κ2) is 8.69. The average Bonchev–Trinajstić information content (AvgIpc) is 3.04. The highest BCUT2D eigenvalue weighted by Gasteiger charge is 2.26. The Bertz CT molecular complexity index is 871. The SMILES string of the molecule is CCN(Cc1cnc(S(=O)(=O)Cc2ccccc2)n1C(C)C)C(=O)C(C)C. The summed E-state index contributed by atoms with van der Waals surface area (Å²) in [7, 11) is -3.60. The van der Waals surface area contributed by atoms with Crippen LogP contribution < -0.4 is 0 Å². The molecule has 2 rings (SSSR count). The summed E-state index contributed by atoms with van der Waals surface area (Å²) < 4.78 is 27.7. The number of imidazole rings is 1. The van der Waals surface area contributed by atoms with Crippen molar-refractivity contribution in [2.45, 2.75) is 58.1 Å². The third-order valence-corrected chi connectivity index (χ3v) is 5.95. The summed E-state index contributed by atoms with van der Waals surface area (Å²) in [5, 5.41) is 0.0596. The van der Waals surface area contributed by atoms with Gasteiger partial charge in [0, 0.05) is 18.5 Å². The highest BCUT2D eigenvalue weighted by molar-refractivity contribution is 7.90. The van der Waals surface area contributed by atoms with Gasteiger partial charge in [-0.15, -0.1) is 0 Å². The molecule has 0 unspecified atom stereocenters. The molecule has 1 heterocycles. The van der Waals surface area contributed by atoms with E-state index in [-0.39, 0.29) is 28.8 Å². The van der Waals surface area contributed by atoms with Gasteiger partial charge in [0.1, 0.15) is 0 Å². The van der Waals surface area contributed by atoms with Crippen molar-refractivity contribution in [1.29, 1.82) is 0 Å². The lowest BCUT2D eigenvalue weighted by molar-refractivity contribution is -0.134. The highest BCUT2D eigenvalue weighted by Crippen LogP contribution is 2.23. The fourth-order valence-electron chi connectivity index (χ4n) is 3.04. The molecule has 27 heavy (non-hydrogen) atoms. The zero-order chi connectivity index (χ0) is 20.2. The minimum atomic E-state index is -3.60. The first-order valence-electron chi connectivity index (χ1n) is 9.29. The van der Waals surface area contributed by atoms with Gasteiger partial charge in [-0.05, 0) is 26.3 Å². The second-order valence-corrected chi connectivity index (χ2v) is 9.13. The molecule has 0 saturated carbocycles. The van der Waals surface area contributed by atoms with Crippen LogP contribution in [0.5, 0.6) is 0 Å². The fraction of sp³-hybridized carbons (Fsp3) is 0.500. The number of amides is 1. The normalized spacial score (nSPS) is 12.0. The van der Waals surface area contributed by atoms with E-state index < -0.39 is 9.84 Å². The zero-order valence-electron chi connectivity index (χ0n) is 16.7. The van der Waals surface area contributed by atoms with Gasteiger partial charge >= 0.3 is 0 Å². The maximum atomic E-state index is 13.0. The Hall–Kier alpha value is -2.15. The van der Waals surface area contributed by atoms with Crippen LogP contribution in [-0.4, -0.2) is 35.3 Å². The van der Waals surface area contributed by atoms with Crippen molar-refractivity contribution >= 4 is 15.7 Å². The van der Waals surface area contributed by atoms with Crippen LogP contribution in [-0.2, 0) is 26.9 Å². The molecule has 6 nitrogen and oxygen atoms in total. The highest BCUT2D eigenvalue weighted by atomic mass is 32.2. The van der Waals surface area contributed by atoms with Crippen molar-refractivity contribution in [2.24, 2.45) is 5.92 Å². The van der Waals surface area contributed by atoms with Crippen molar-refractivity contribution < 1.29 is 13.2 Å². The van der Waals surface area contributed by atoms with Gasteiger partial charge in [-0.3, -0.25) is 4.79 Å². The lowest BCUT2D eigenvalue weighted by Crippen LogP contribution is -2.34. The van der Waals surface area contributed by atoms with Gasteiger partial charge < -0.3 is 9.47 Å². The lowest BCUT2D eigenvalue weighted by Gasteiger charge is -2.24. The fourth-order valence-corrected chi connectivity index (χ4v) is 4.64. The number of hydrogen-bond donors (Lipinski definition) is 0. The van der Waals surface area contributed by atoms with E-state index in [4.69, 9.17) is 0 Å². The van der Waals surface area contributed by atoms with Gasteiger partial charge in [-0.1, -0.05) is 44.2 Å². The van der Waals surface area contributed by atoms with Gasteiger partial charge in [0.2, 0.25) is 20.9 Å². The van der Waals surface area contributed by atoms with E-state index in [1.807, 2.05) is 52.8 Å². The van der Waals surface area contributed by atoms with Crippen molar-refractivity contribution in [3.05, 3.63) is 47.8 Å². The second-order valence-electron chi connectivity index (χ2n) is 7.25. The largest absolute Gasteiger partial charge is 0.337 e. The van der Waals surface area contributed by atoms with Gasteiger partial charge in [-0.2, -0.15) is 0 Å². The molecular weight excluding hydrogens is 362 g/mol. The third kappa shape index (κ3) is 4.97. The van der Waals surface area contributed by atoms with Gasteiger partial charge in [0.25, 0.3) is 0 Å². The lowest BCUT2D eigenvalue weighted by atomic mass is 10.2. The summed E-state index contributed by atoms with van der Waals surface area (Å²) in [6, 6.07) is 9.00. The van der Waals surface area contributed by atoms with E-state index in [0.717, 1.165) is 11.3 Å². The molecule has 0 spiro atoms. The molecule has 0 aliphatic heterocycles. The van der Waals surface area contributed by atoms with Crippen molar-refractivity contribution in [2.75, 3.05) is 6.54 Å². The van der Waals surface area contributed by atoms with E-state index in [1.54, 1.807) is 27.8 Å². The Balaban J connectivity index is 2.38. The Morgan fingerprint density at radius 3 is 2.30 bits per heavy atom. The zero-order valence-corrected chi connectivity index (χ0v) is 17.5. The standard InChI is InChI=1S/C20H29N3O3S/c1-6-22(19(24)15(2)3)13-18-12-21-20(23(18)16(4)5)27(25,26)14-17-10-8-7-9-11-17/h7-12,15-16H,6,13-14H2,1-5H3. The summed E-state index contributed by atoms with van der Waals surface area (Å²) in [5.41, 5.74) is 1.45. The smallest absolute Gasteiger partial charge is 0.228 e. The minimum absolute atomic E-state index is 0.0442. The number of sulfone groups is 1. The molecule has 0 bridgehead atoms. The number of benzene rings is 1. The van der Waals surface area contributed by atoms with E-state index in [1.165, 1.54) is 0 Å². The summed E-state index contributed by atoms with van der Waals surface area (Å²) in [6.45, 7) is 10.4. The van der Waals surface area contributed by atoms with Crippen LogP contribution in [0.15, 0.2) is 41.7 Å². The van der Waals surface area contributed by atoms with Crippen molar-refractivity contribution in [3.8, 4) is 0 Å². The van der Waals surface area contributed by atoms with E-state index in [9.17, 15) is 13.2 Å². The molecule has 0 atom stereocenters. The predicted octanol–water partition coefficient (Wildman–Crippen LogP) is 3.44. The van der Waals surface area contributed by atoms with E-state index in [2.05, 4.69) is 4.98 Å². The number of hydrogen-bond acceptors (Lipinski definition) is 4. The Kier molecular flexibility index (Phi) is 6.81. The minimum Gasteiger partial charge on any atom is -0.337 e. The van der Waals surface area contributed by atoms with Gasteiger partial charge in [-0.25, -0.2) is 13.4 Å². The Labute approximate surface area is 162 Å². The quantitative estimate of drug-likeness (QED) is 0.691. The van der Waals surface area contributed by atoms with Crippen LogP contribution in [0.3, 0.4) is 0 Å². The van der Waals surface area contributed by atoms with Crippen molar-refractivity contribution in [1.82, 2.24) is 14.5 Å². The molecular formula is C20H29N3O3S. The van der Waals surface area contributed by atoms with E-state index in [0.29, 0.717) is 13.1 Å². The molecule has 148 valence electrons. The molecule has 0 aliphatic rings. The van der Waals surface area contributed by atoms with Crippen LogP contribution in [0.2, 0.25) is 0 Å². The van der Waals surface area contributed by atoms with Crippen LogP contribution >= 0.6 is 0 Å². The molecule has 0 radical (unpaired) electrons. The summed E-state index contributed by atoms with van der Waals surface area (Å²) in [5.74, 6) is -0.163. The number of aromatic nitrogens is 2. The summed E-state index contributed by atoms with van der Waals surface area (Å²) in [6.07, 6.45) is 1.58. The average molecular weight is 392 g/mol. The topological polar surface area (TPSA) is 72.3 Å². The number of carbonyl (C=O) groups is 1. The van der Waals surface area contributed by atoms with Crippen molar-refractivity contribution in [3.63, 3.8) is 0 Å². The first-order valence-corrected chi connectivity index (χ1v) is 10.9. The van der Waals surface area contributed by atoms with Crippen LogP contribution in [0, 0.1) is 5.92 Å².